The molecule has 0 radical (unpaired) electrons. The van der Waals surface area contributed by atoms with Gasteiger partial charge in [-0.25, -0.2) is 9.97 Å². The number of benzene rings is 4. The molecule has 0 amide bonds. The number of aromatic nitrogens is 5. The maximum atomic E-state index is 5.70. The number of imidazole rings is 2. The normalized spacial score (nSPS) is 17.0. The molecule has 1 atom stereocenters. The molecule has 616 valence electrons. The van der Waals surface area contributed by atoms with Crippen molar-refractivity contribution >= 4 is 22.7 Å². The molecule has 7 aliphatic rings. The summed E-state index contributed by atoms with van der Waals surface area (Å²) in [5.41, 5.74) is 24.7. The number of hydrogen-bond donors (Lipinski definition) is 0. The van der Waals surface area contributed by atoms with Crippen LogP contribution >= 0.6 is 0 Å². The summed E-state index contributed by atoms with van der Waals surface area (Å²) in [6.45, 7) is 81.0. The SMILES string of the molecule is CC(C)c1ccc2c(c1)N(C(C)C)CCC2.CC(C)c1ccc2c(c1)N(C(C)C)CCN2C.CC(C)c1ccc2c(c1)N(C(C)C)CCO2.CC(C)c1cccc2c1CC(C(C)C)CC2.CC(C)c1ccn2c1CN(C(C)C)CC2.CC(C)c1ncn2c1CN(C(C)C)CC2.Cc1nc(C(C)C)c2n1CCN(C(C)C)C2. The lowest BCUT2D eigenvalue weighted by molar-refractivity contribution is 0.175. The third-order valence-electron chi connectivity index (χ3n) is 24.8. The summed E-state index contributed by atoms with van der Waals surface area (Å²) in [5.74, 6) is 8.11. The van der Waals surface area contributed by atoms with Crippen LogP contribution in [0.15, 0.2) is 91.4 Å². The summed E-state index contributed by atoms with van der Waals surface area (Å²) < 4.78 is 12.8. The van der Waals surface area contributed by atoms with Gasteiger partial charge in [0.15, 0.2) is 0 Å². The van der Waals surface area contributed by atoms with E-state index in [0.717, 1.165) is 96.2 Å². The minimum Gasteiger partial charge on any atom is -0.490 e. The van der Waals surface area contributed by atoms with Gasteiger partial charge in [-0.3, -0.25) is 14.7 Å². The molecule has 4 aromatic carbocycles. The first-order chi connectivity index (χ1) is 52.5. The molecule has 9 heterocycles. The van der Waals surface area contributed by atoms with Crippen LogP contribution in [-0.2, 0) is 58.5 Å². The second-order valence-electron chi connectivity index (χ2n) is 37.4. The van der Waals surface area contributed by atoms with E-state index in [0.29, 0.717) is 77.7 Å². The van der Waals surface area contributed by atoms with E-state index >= 15 is 0 Å². The van der Waals surface area contributed by atoms with Gasteiger partial charge in [0, 0.05) is 139 Å². The van der Waals surface area contributed by atoms with Crippen molar-refractivity contribution in [1.82, 2.24) is 38.4 Å². The molecule has 6 aliphatic heterocycles. The number of anilines is 4. The van der Waals surface area contributed by atoms with Gasteiger partial charge < -0.3 is 38.0 Å². The number of likely N-dealkylation sites (N-methyl/N-ethyl adjacent to an activating group) is 1. The molecule has 13 heteroatoms. The second kappa shape index (κ2) is 41.2. The van der Waals surface area contributed by atoms with Crippen molar-refractivity contribution in [2.75, 3.05) is 79.1 Å². The van der Waals surface area contributed by atoms with E-state index in [1.807, 2.05) is 6.33 Å². The van der Waals surface area contributed by atoms with Crippen LogP contribution in [0.3, 0.4) is 0 Å². The van der Waals surface area contributed by atoms with E-state index in [-0.39, 0.29) is 0 Å². The first-order valence-corrected chi connectivity index (χ1v) is 44.1. The highest BCUT2D eigenvalue weighted by molar-refractivity contribution is 5.74. The largest absolute Gasteiger partial charge is 0.490 e. The molecule has 0 saturated carbocycles. The molecule has 0 saturated heterocycles. The minimum atomic E-state index is 0.530. The van der Waals surface area contributed by atoms with Gasteiger partial charge in [-0.15, -0.1) is 0 Å². The van der Waals surface area contributed by atoms with Crippen LogP contribution in [0, 0.1) is 18.8 Å². The number of nitrogens with zero attached hydrogens (tertiary/aromatic N) is 12. The Hall–Kier alpha value is -6.54. The smallest absolute Gasteiger partial charge is 0.142 e. The fourth-order valence-electron chi connectivity index (χ4n) is 17.2. The van der Waals surface area contributed by atoms with Crippen LogP contribution in [0.1, 0.15) is 327 Å². The van der Waals surface area contributed by atoms with Crippen LogP contribution in [0.2, 0.25) is 0 Å². The fraction of sp³-hybridized carbons (Fsp3) is 0.653. The van der Waals surface area contributed by atoms with Crippen LogP contribution in [0.4, 0.5) is 22.7 Å². The molecule has 1 aliphatic carbocycles. The van der Waals surface area contributed by atoms with Gasteiger partial charge in [0.1, 0.15) is 18.2 Å². The molecule has 111 heavy (non-hydrogen) atoms. The number of ether oxygens (including phenoxy) is 1. The van der Waals surface area contributed by atoms with Gasteiger partial charge in [0.2, 0.25) is 0 Å². The Labute approximate surface area is 678 Å². The van der Waals surface area contributed by atoms with Crippen molar-refractivity contribution in [3.05, 3.63) is 170 Å². The molecule has 1 unspecified atom stereocenters. The standard InChI is InChI=1S/C16H24.C15H24N2.C15H23N.C14H21NO.C13H23N3.C13H22N2.C12H21N3/c1-11(2)14-9-8-13-6-5-7-15(12(3)4)16(13)10-14;1-11(2)13-6-7-14-15(10-13)17(12(3)4)9-8-16(14)5;1-11(2)14-8-7-13-6-5-9-16(12(3)4)15(13)10-14;1-10(2)12-5-6-14-13(9-12)15(11(3)4)7-8-16-14;1-9(2)13-12-8-15(10(3)4)6-7-16(12)11(5)14-13;1-10(2)12-5-6-14-7-8-15(11(3)4)9-13(12)14;1-9(2)12-11-7-14(10(3)4)5-6-15(11)8-13-12/h5-7,11-12,14H,8-10H2,1-4H3;6-7,10-12H,8-9H2,1-5H3;7-8,10-12H,5-6,9H2,1-4H3;5-6,9-11H,7-8H2,1-4H3;9-10H,6-8H2,1-5H3;5-6,10-11H,7-9H2,1-4H3;8-10H,5-7H2,1-4H3. The molecule has 0 spiro atoms. The van der Waals surface area contributed by atoms with Crippen molar-refractivity contribution in [2.45, 2.75) is 350 Å². The van der Waals surface area contributed by atoms with Crippen molar-refractivity contribution < 1.29 is 4.74 Å². The number of hydrogen-bond acceptors (Lipinski definition) is 10. The van der Waals surface area contributed by atoms with Crippen LogP contribution in [0.25, 0.3) is 0 Å². The van der Waals surface area contributed by atoms with Gasteiger partial charge in [0.25, 0.3) is 0 Å². The van der Waals surface area contributed by atoms with Gasteiger partial charge in [-0.05, 0) is 256 Å². The molecule has 0 fully saturated rings. The second-order valence-corrected chi connectivity index (χ2v) is 37.4. The average molecular weight is 1520 g/mol. The summed E-state index contributed by atoms with van der Waals surface area (Å²) >= 11 is 0. The topological polar surface area (TPSA) is 72.5 Å². The molecule has 13 nitrogen and oxygen atoms in total. The first kappa shape index (κ1) is 90.0. The van der Waals surface area contributed by atoms with Crippen molar-refractivity contribution in [1.29, 1.82) is 0 Å². The molecular weight excluding hydrogens is 1360 g/mol. The van der Waals surface area contributed by atoms with Gasteiger partial charge in [-0.2, -0.15) is 0 Å². The lowest BCUT2D eigenvalue weighted by atomic mass is 9.75. The summed E-state index contributed by atoms with van der Waals surface area (Å²) in [6, 6.07) is 33.3. The lowest BCUT2D eigenvalue weighted by Crippen LogP contribution is -2.42. The number of rotatable bonds is 14. The Kier molecular flexibility index (Phi) is 33.4. The van der Waals surface area contributed by atoms with Crippen molar-refractivity contribution in [3.63, 3.8) is 0 Å². The summed E-state index contributed by atoms with van der Waals surface area (Å²) in [4.78, 5) is 26.7. The molecule has 0 bridgehead atoms. The van der Waals surface area contributed by atoms with E-state index in [4.69, 9.17) is 9.72 Å². The molecule has 3 aromatic heterocycles. The average Bonchev–Trinajstić information content (AvgIpc) is 1.01. The van der Waals surface area contributed by atoms with Crippen molar-refractivity contribution in [2.24, 2.45) is 11.8 Å². The summed E-state index contributed by atoms with van der Waals surface area (Å²) in [7, 11) is 2.19. The molecule has 0 N–H and O–H groups in total. The predicted molar refractivity (Wildman–Crippen MR) is 480 cm³/mol. The van der Waals surface area contributed by atoms with Crippen LogP contribution < -0.4 is 24.3 Å². The van der Waals surface area contributed by atoms with E-state index in [1.165, 1.54) is 130 Å². The van der Waals surface area contributed by atoms with Gasteiger partial charge >= 0.3 is 0 Å². The molecule has 7 aromatic rings. The third kappa shape index (κ3) is 23.4. The predicted octanol–water partition coefficient (Wildman–Crippen LogP) is 23.0. The number of fused-ring (bicyclic) bond motifs is 7. The zero-order valence-electron chi connectivity index (χ0n) is 76.0. The van der Waals surface area contributed by atoms with Crippen LogP contribution in [-0.4, -0.2) is 134 Å². The zero-order chi connectivity index (χ0) is 81.6. The van der Waals surface area contributed by atoms with Crippen molar-refractivity contribution in [3.8, 4) is 5.75 Å². The Balaban J connectivity index is 0.000000163. The van der Waals surface area contributed by atoms with E-state index in [9.17, 15) is 0 Å². The highest BCUT2D eigenvalue weighted by atomic mass is 16.5. The van der Waals surface area contributed by atoms with E-state index in [2.05, 4.69) is 346 Å². The molecule has 14 rings (SSSR count). The lowest BCUT2D eigenvalue weighted by Gasteiger charge is -2.40. The van der Waals surface area contributed by atoms with Gasteiger partial charge in [-0.1, -0.05) is 153 Å². The quantitative estimate of drug-likeness (QED) is 0.105. The Bertz CT molecular complexity index is 3840. The highest BCUT2D eigenvalue weighted by Crippen LogP contribution is 2.40. The maximum absolute atomic E-state index is 5.70. The van der Waals surface area contributed by atoms with Crippen LogP contribution in [0.5, 0.6) is 5.75 Å². The Morgan fingerprint density at radius 3 is 1.49 bits per heavy atom. The van der Waals surface area contributed by atoms with E-state index in [1.54, 1.807) is 16.7 Å². The zero-order valence-corrected chi connectivity index (χ0v) is 76.0. The van der Waals surface area contributed by atoms with E-state index < -0.39 is 0 Å². The third-order valence-corrected chi connectivity index (χ3v) is 24.8. The number of aryl methyl sites for hydroxylation is 3. The Morgan fingerprint density at radius 2 is 0.928 bits per heavy atom. The monoisotopic (exact) mass is 1520 g/mol. The highest BCUT2D eigenvalue weighted by Gasteiger charge is 2.30. The molecular formula is C98H158N12O. The first-order valence-electron chi connectivity index (χ1n) is 44.1. The Morgan fingerprint density at radius 1 is 0.405 bits per heavy atom. The van der Waals surface area contributed by atoms with Gasteiger partial charge in [0.05, 0.1) is 52.7 Å². The maximum Gasteiger partial charge on any atom is 0.142 e. The summed E-state index contributed by atoms with van der Waals surface area (Å²) in [6.07, 6.45) is 10.8. The summed E-state index contributed by atoms with van der Waals surface area (Å²) in [5, 5.41) is 0. The minimum absolute atomic E-state index is 0.530. The fourth-order valence-corrected chi connectivity index (χ4v) is 17.2.